The summed E-state index contributed by atoms with van der Waals surface area (Å²) in [6.07, 6.45) is 5.70. The SMILES string of the molecule is CCOC(=O)N1CCC(Nc2ncnc(N3CCN(c4ncccn4)CC3)c2[N+](=O)[O-])CC1. The Morgan fingerprint density at radius 1 is 1.09 bits per heavy atom. The molecule has 2 aliphatic heterocycles. The van der Waals surface area contributed by atoms with Crippen LogP contribution in [-0.2, 0) is 4.74 Å². The van der Waals surface area contributed by atoms with Crippen molar-refractivity contribution < 1.29 is 14.5 Å². The molecular weight excluding hydrogens is 430 g/mol. The lowest BCUT2D eigenvalue weighted by Crippen LogP contribution is -2.47. The molecule has 2 aliphatic rings. The van der Waals surface area contributed by atoms with Crippen LogP contribution in [0, 0.1) is 10.1 Å². The van der Waals surface area contributed by atoms with Crippen LogP contribution in [0.1, 0.15) is 19.8 Å². The number of nitrogens with zero attached hydrogens (tertiary/aromatic N) is 8. The fourth-order valence-electron chi connectivity index (χ4n) is 4.06. The summed E-state index contributed by atoms with van der Waals surface area (Å²) >= 11 is 0. The number of piperidine rings is 1. The lowest BCUT2D eigenvalue weighted by atomic mass is 10.1. The smallest absolute Gasteiger partial charge is 0.409 e. The number of nitrogens with one attached hydrogen (secondary N) is 1. The zero-order valence-corrected chi connectivity index (χ0v) is 18.5. The van der Waals surface area contributed by atoms with Gasteiger partial charge in [-0.2, -0.15) is 0 Å². The average Bonchev–Trinajstić information content (AvgIpc) is 2.85. The summed E-state index contributed by atoms with van der Waals surface area (Å²) in [4.78, 5) is 46.0. The first kappa shape index (κ1) is 22.4. The lowest BCUT2D eigenvalue weighted by molar-refractivity contribution is -0.383. The summed E-state index contributed by atoms with van der Waals surface area (Å²) in [6, 6.07) is 1.73. The van der Waals surface area contributed by atoms with Crippen molar-refractivity contribution >= 4 is 29.4 Å². The Hall–Kier alpha value is -3.77. The van der Waals surface area contributed by atoms with E-state index in [0.29, 0.717) is 70.5 Å². The van der Waals surface area contributed by atoms with Crippen LogP contribution < -0.4 is 15.1 Å². The summed E-state index contributed by atoms with van der Waals surface area (Å²) in [5.74, 6) is 1.15. The van der Waals surface area contributed by atoms with Crippen molar-refractivity contribution in [3.63, 3.8) is 0 Å². The van der Waals surface area contributed by atoms with Crippen LogP contribution in [-0.4, -0.2) is 87.8 Å². The lowest BCUT2D eigenvalue weighted by Gasteiger charge is -2.35. The summed E-state index contributed by atoms with van der Waals surface area (Å²) in [7, 11) is 0. The number of hydrogen-bond donors (Lipinski definition) is 1. The van der Waals surface area contributed by atoms with Gasteiger partial charge in [0.05, 0.1) is 11.5 Å². The molecule has 2 aromatic rings. The fourth-order valence-corrected chi connectivity index (χ4v) is 4.06. The monoisotopic (exact) mass is 457 g/mol. The van der Waals surface area contributed by atoms with Gasteiger partial charge in [0.2, 0.25) is 17.6 Å². The Morgan fingerprint density at radius 2 is 1.76 bits per heavy atom. The van der Waals surface area contributed by atoms with E-state index >= 15 is 0 Å². The highest BCUT2D eigenvalue weighted by atomic mass is 16.6. The van der Waals surface area contributed by atoms with Crippen molar-refractivity contribution in [3.05, 3.63) is 34.9 Å². The van der Waals surface area contributed by atoms with Crippen LogP contribution in [0.15, 0.2) is 24.8 Å². The van der Waals surface area contributed by atoms with Crippen LogP contribution in [0.4, 0.5) is 28.1 Å². The zero-order chi connectivity index (χ0) is 23.2. The quantitative estimate of drug-likeness (QED) is 0.498. The van der Waals surface area contributed by atoms with E-state index in [1.54, 1.807) is 30.3 Å². The Balaban J connectivity index is 1.43. The van der Waals surface area contributed by atoms with Gasteiger partial charge in [-0.15, -0.1) is 0 Å². The van der Waals surface area contributed by atoms with Gasteiger partial charge in [0.15, 0.2) is 0 Å². The van der Waals surface area contributed by atoms with Crippen LogP contribution in [0.5, 0.6) is 0 Å². The number of rotatable bonds is 6. The number of aromatic nitrogens is 4. The third-order valence-corrected chi connectivity index (χ3v) is 5.76. The number of nitro groups is 1. The Bertz CT molecular complexity index is 961. The number of carbonyl (C=O) groups is 1. The Morgan fingerprint density at radius 3 is 2.39 bits per heavy atom. The van der Waals surface area contributed by atoms with Crippen molar-refractivity contribution in [1.82, 2.24) is 24.8 Å². The first-order valence-electron chi connectivity index (χ1n) is 11.0. The molecule has 4 heterocycles. The van der Waals surface area contributed by atoms with Gasteiger partial charge in [-0.05, 0) is 25.8 Å². The molecule has 0 bridgehead atoms. The van der Waals surface area contributed by atoms with Crippen LogP contribution in [0.25, 0.3) is 0 Å². The number of carbonyl (C=O) groups excluding carboxylic acids is 1. The molecule has 0 atom stereocenters. The average molecular weight is 457 g/mol. The molecule has 176 valence electrons. The van der Waals surface area contributed by atoms with E-state index in [4.69, 9.17) is 4.74 Å². The minimum absolute atomic E-state index is 0.0378. The molecule has 2 saturated heterocycles. The molecule has 0 aliphatic carbocycles. The third-order valence-electron chi connectivity index (χ3n) is 5.76. The molecule has 0 aromatic carbocycles. The highest BCUT2D eigenvalue weighted by Crippen LogP contribution is 2.33. The molecule has 1 N–H and O–H groups in total. The predicted octanol–water partition coefficient (Wildman–Crippen LogP) is 1.53. The molecule has 4 rings (SSSR count). The minimum Gasteiger partial charge on any atom is -0.450 e. The van der Waals surface area contributed by atoms with E-state index in [1.165, 1.54) is 6.33 Å². The molecule has 13 nitrogen and oxygen atoms in total. The first-order valence-corrected chi connectivity index (χ1v) is 11.0. The molecule has 2 fully saturated rings. The van der Waals surface area contributed by atoms with Gasteiger partial charge in [0.1, 0.15) is 6.33 Å². The largest absolute Gasteiger partial charge is 0.450 e. The second kappa shape index (κ2) is 10.2. The molecule has 13 heteroatoms. The molecule has 33 heavy (non-hydrogen) atoms. The molecule has 0 unspecified atom stereocenters. The van der Waals surface area contributed by atoms with E-state index in [0.717, 1.165) is 0 Å². The van der Waals surface area contributed by atoms with Gasteiger partial charge < -0.3 is 24.8 Å². The number of ether oxygens (including phenoxy) is 1. The van der Waals surface area contributed by atoms with Crippen LogP contribution >= 0.6 is 0 Å². The van der Waals surface area contributed by atoms with Crippen molar-refractivity contribution in [1.29, 1.82) is 0 Å². The standard InChI is InChI=1S/C20H27N9O4/c1-2-33-20(30)28-8-4-15(5-9-28)25-17-16(29(31)32)18(24-14-23-17)26-10-12-27(13-11-26)19-21-6-3-7-22-19/h3,6-7,14-15H,2,4-5,8-13H2,1H3,(H,23,24,25). The molecule has 1 amide bonds. The van der Waals surface area contributed by atoms with Gasteiger partial charge >= 0.3 is 11.8 Å². The number of anilines is 3. The van der Waals surface area contributed by atoms with Crippen LogP contribution in [0.2, 0.25) is 0 Å². The Labute approximate surface area is 190 Å². The van der Waals surface area contributed by atoms with Crippen molar-refractivity contribution in [2.24, 2.45) is 0 Å². The summed E-state index contributed by atoms with van der Waals surface area (Å²) < 4.78 is 5.04. The minimum atomic E-state index is -0.432. The second-order valence-electron chi connectivity index (χ2n) is 7.78. The second-order valence-corrected chi connectivity index (χ2v) is 7.78. The van der Waals surface area contributed by atoms with Crippen molar-refractivity contribution in [3.8, 4) is 0 Å². The van der Waals surface area contributed by atoms with E-state index in [-0.39, 0.29) is 23.6 Å². The molecule has 2 aromatic heterocycles. The first-order chi connectivity index (χ1) is 16.1. The number of hydrogen-bond acceptors (Lipinski definition) is 11. The fraction of sp³-hybridized carbons (Fsp3) is 0.550. The maximum atomic E-state index is 12.0. The van der Waals surface area contributed by atoms with E-state index < -0.39 is 4.92 Å². The number of likely N-dealkylation sites (tertiary alicyclic amines) is 1. The summed E-state index contributed by atoms with van der Waals surface area (Å²) in [5, 5.41) is 15.2. The highest BCUT2D eigenvalue weighted by molar-refractivity contribution is 5.71. The molecular formula is C20H27N9O4. The number of amides is 1. The summed E-state index contributed by atoms with van der Waals surface area (Å²) in [5.41, 5.74) is -0.130. The van der Waals surface area contributed by atoms with Gasteiger partial charge in [-0.25, -0.2) is 24.7 Å². The van der Waals surface area contributed by atoms with Crippen molar-refractivity contribution in [2.45, 2.75) is 25.8 Å². The van der Waals surface area contributed by atoms with Gasteiger partial charge in [-0.3, -0.25) is 10.1 Å². The van der Waals surface area contributed by atoms with Gasteiger partial charge in [-0.1, -0.05) is 0 Å². The highest BCUT2D eigenvalue weighted by Gasteiger charge is 2.32. The molecule has 0 saturated carbocycles. The predicted molar refractivity (Wildman–Crippen MR) is 120 cm³/mol. The van der Waals surface area contributed by atoms with Crippen molar-refractivity contribution in [2.75, 3.05) is 61.0 Å². The van der Waals surface area contributed by atoms with E-state index in [1.807, 2.05) is 9.80 Å². The number of piperazine rings is 1. The third kappa shape index (κ3) is 5.18. The van der Waals surface area contributed by atoms with E-state index in [2.05, 4.69) is 25.3 Å². The normalized spacial score (nSPS) is 17.1. The summed E-state index contributed by atoms with van der Waals surface area (Å²) in [6.45, 7) is 5.49. The van der Waals surface area contributed by atoms with Gasteiger partial charge in [0.25, 0.3) is 0 Å². The Kier molecular flexibility index (Phi) is 6.95. The molecule has 0 spiro atoms. The van der Waals surface area contributed by atoms with Gasteiger partial charge in [0, 0.05) is 57.7 Å². The maximum Gasteiger partial charge on any atom is 0.409 e. The van der Waals surface area contributed by atoms with Crippen LogP contribution in [0.3, 0.4) is 0 Å². The maximum absolute atomic E-state index is 12.0. The topological polar surface area (TPSA) is 143 Å². The zero-order valence-electron chi connectivity index (χ0n) is 18.5. The molecule has 0 radical (unpaired) electrons. The van der Waals surface area contributed by atoms with E-state index in [9.17, 15) is 14.9 Å².